The minimum absolute atomic E-state index is 0.00644. The maximum absolute atomic E-state index is 9.16. The lowest BCUT2D eigenvalue weighted by Crippen LogP contribution is -2.44. The fraction of sp³-hybridized carbons (Fsp3) is 0.417. The summed E-state index contributed by atoms with van der Waals surface area (Å²) in [4.78, 5) is 2.43. The van der Waals surface area contributed by atoms with Gasteiger partial charge in [-0.1, -0.05) is 23.8 Å². The Labute approximate surface area is 116 Å². The Kier molecular flexibility index (Phi) is 4.40. The van der Waals surface area contributed by atoms with Gasteiger partial charge in [0.05, 0.1) is 19.3 Å². The molecular formula is C12H15ClN2O2S. The molecule has 4 nitrogen and oxygen atoms in total. The van der Waals surface area contributed by atoms with Gasteiger partial charge in [0.15, 0.2) is 0 Å². The number of rotatable bonds is 3. The molecule has 98 valence electrons. The van der Waals surface area contributed by atoms with E-state index < -0.39 is 0 Å². The van der Waals surface area contributed by atoms with Crippen molar-refractivity contribution in [3.05, 3.63) is 28.8 Å². The SMILES string of the molecule is NC(=S)c1cc(Cl)ccc1N1CCOC(CO)C1. The molecule has 1 aliphatic heterocycles. The summed E-state index contributed by atoms with van der Waals surface area (Å²) < 4.78 is 5.42. The molecule has 1 heterocycles. The van der Waals surface area contributed by atoms with Crippen LogP contribution in [0.4, 0.5) is 5.69 Å². The van der Waals surface area contributed by atoms with E-state index in [4.69, 9.17) is 39.4 Å². The van der Waals surface area contributed by atoms with Gasteiger partial charge < -0.3 is 20.5 Å². The van der Waals surface area contributed by atoms with Crippen molar-refractivity contribution < 1.29 is 9.84 Å². The average Bonchev–Trinajstić information content (AvgIpc) is 2.38. The number of aliphatic hydroxyl groups is 1. The van der Waals surface area contributed by atoms with Crippen molar-refractivity contribution >= 4 is 34.5 Å². The molecule has 0 spiro atoms. The second-order valence-electron chi connectivity index (χ2n) is 4.15. The Morgan fingerprint density at radius 3 is 3.06 bits per heavy atom. The first kappa shape index (κ1) is 13.5. The highest BCUT2D eigenvalue weighted by Crippen LogP contribution is 2.26. The third-order valence-corrected chi connectivity index (χ3v) is 3.36. The topological polar surface area (TPSA) is 58.7 Å². The fourth-order valence-corrected chi connectivity index (χ4v) is 2.37. The number of ether oxygens (including phenoxy) is 1. The van der Waals surface area contributed by atoms with Crippen LogP contribution in [-0.2, 0) is 4.74 Å². The normalized spacial score (nSPS) is 19.9. The van der Waals surface area contributed by atoms with Crippen LogP contribution in [0.1, 0.15) is 5.56 Å². The van der Waals surface area contributed by atoms with E-state index in [0.29, 0.717) is 23.2 Å². The molecule has 0 bridgehead atoms. The molecule has 0 aliphatic carbocycles. The van der Waals surface area contributed by atoms with Gasteiger partial charge in [-0.15, -0.1) is 0 Å². The molecule has 0 aromatic heterocycles. The molecule has 3 N–H and O–H groups in total. The van der Waals surface area contributed by atoms with E-state index in [1.807, 2.05) is 12.1 Å². The Bertz CT molecular complexity index is 456. The molecule has 2 rings (SSSR count). The number of benzene rings is 1. The standard InChI is InChI=1S/C12H15ClN2O2S/c13-8-1-2-11(10(5-8)12(14)18)15-3-4-17-9(6-15)7-16/h1-2,5,9,16H,3-4,6-7H2,(H2,14,18). The molecular weight excluding hydrogens is 272 g/mol. The van der Waals surface area contributed by atoms with E-state index in [9.17, 15) is 0 Å². The highest BCUT2D eigenvalue weighted by molar-refractivity contribution is 7.80. The first-order valence-corrected chi connectivity index (χ1v) is 6.47. The van der Waals surface area contributed by atoms with Gasteiger partial charge in [-0.2, -0.15) is 0 Å². The van der Waals surface area contributed by atoms with Gasteiger partial charge in [0, 0.05) is 29.4 Å². The minimum atomic E-state index is -0.173. The van der Waals surface area contributed by atoms with Crippen LogP contribution in [0, 0.1) is 0 Å². The summed E-state index contributed by atoms with van der Waals surface area (Å²) in [5, 5.41) is 9.76. The number of hydrogen-bond donors (Lipinski definition) is 2. The van der Waals surface area contributed by atoms with Crippen LogP contribution in [0.5, 0.6) is 0 Å². The van der Waals surface area contributed by atoms with Crippen molar-refractivity contribution in [2.75, 3.05) is 31.2 Å². The van der Waals surface area contributed by atoms with Crippen LogP contribution < -0.4 is 10.6 Å². The summed E-state index contributed by atoms with van der Waals surface area (Å²) in [6, 6.07) is 5.47. The molecule has 1 unspecified atom stereocenters. The van der Waals surface area contributed by atoms with Crippen LogP contribution in [0.3, 0.4) is 0 Å². The fourth-order valence-electron chi connectivity index (χ4n) is 2.03. The predicted molar refractivity (Wildman–Crippen MR) is 76.4 cm³/mol. The Hall–Kier alpha value is -0.880. The van der Waals surface area contributed by atoms with Gasteiger partial charge >= 0.3 is 0 Å². The Morgan fingerprint density at radius 2 is 2.39 bits per heavy atom. The number of anilines is 1. The molecule has 1 fully saturated rings. The number of halogens is 1. The lowest BCUT2D eigenvalue weighted by atomic mass is 10.1. The van der Waals surface area contributed by atoms with Crippen LogP contribution in [0.2, 0.25) is 5.02 Å². The van der Waals surface area contributed by atoms with Crippen molar-refractivity contribution in [1.82, 2.24) is 0 Å². The second-order valence-corrected chi connectivity index (χ2v) is 5.02. The number of nitrogens with two attached hydrogens (primary N) is 1. The predicted octanol–water partition coefficient (Wildman–Crippen LogP) is 1.17. The molecule has 1 aromatic carbocycles. The zero-order valence-electron chi connectivity index (χ0n) is 9.80. The number of hydrogen-bond acceptors (Lipinski definition) is 4. The summed E-state index contributed by atoms with van der Waals surface area (Å²) >= 11 is 11.0. The third kappa shape index (κ3) is 2.92. The highest BCUT2D eigenvalue weighted by atomic mass is 35.5. The van der Waals surface area contributed by atoms with Gasteiger partial charge in [0.25, 0.3) is 0 Å². The van der Waals surface area contributed by atoms with E-state index in [2.05, 4.69) is 4.90 Å². The largest absolute Gasteiger partial charge is 0.394 e. The van der Waals surface area contributed by atoms with Crippen LogP contribution in [0.25, 0.3) is 0 Å². The summed E-state index contributed by atoms with van der Waals surface area (Å²) in [5.74, 6) is 0. The van der Waals surface area contributed by atoms with Crippen LogP contribution >= 0.6 is 23.8 Å². The second kappa shape index (κ2) is 5.84. The van der Waals surface area contributed by atoms with Crippen molar-refractivity contribution in [3.63, 3.8) is 0 Å². The first-order chi connectivity index (χ1) is 8.61. The molecule has 0 amide bonds. The molecule has 0 radical (unpaired) electrons. The van der Waals surface area contributed by atoms with E-state index in [0.717, 1.165) is 17.8 Å². The molecule has 0 saturated carbocycles. The highest BCUT2D eigenvalue weighted by Gasteiger charge is 2.22. The molecule has 1 aliphatic rings. The van der Waals surface area contributed by atoms with E-state index in [1.54, 1.807) is 6.07 Å². The molecule has 6 heteroatoms. The van der Waals surface area contributed by atoms with Gasteiger partial charge in [-0.25, -0.2) is 0 Å². The quantitative estimate of drug-likeness (QED) is 0.817. The van der Waals surface area contributed by atoms with Crippen molar-refractivity contribution in [1.29, 1.82) is 0 Å². The number of thiocarbonyl (C=S) groups is 1. The van der Waals surface area contributed by atoms with Crippen LogP contribution in [0.15, 0.2) is 18.2 Å². The lowest BCUT2D eigenvalue weighted by molar-refractivity contribution is 0.00356. The summed E-state index contributed by atoms with van der Waals surface area (Å²) in [5.41, 5.74) is 7.42. The number of nitrogens with zero attached hydrogens (tertiary/aromatic N) is 1. The van der Waals surface area contributed by atoms with Crippen LogP contribution in [-0.4, -0.2) is 42.5 Å². The molecule has 1 saturated heterocycles. The average molecular weight is 287 g/mol. The maximum atomic E-state index is 9.16. The summed E-state index contributed by atoms with van der Waals surface area (Å²) in [6.45, 7) is 1.94. The van der Waals surface area contributed by atoms with E-state index in [1.165, 1.54) is 0 Å². The number of morpholine rings is 1. The third-order valence-electron chi connectivity index (χ3n) is 2.91. The van der Waals surface area contributed by atoms with Crippen molar-refractivity contribution in [2.24, 2.45) is 5.73 Å². The van der Waals surface area contributed by atoms with E-state index in [-0.39, 0.29) is 12.7 Å². The smallest absolute Gasteiger partial charge is 0.106 e. The zero-order valence-corrected chi connectivity index (χ0v) is 11.4. The van der Waals surface area contributed by atoms with Gasteiger partial charge in [-0.05, 0) is 18.2 Å². The summed E-state index contributed by atoms with van der Waals surface area (Å²) in [7, 11) is 0. The Balaban J connectivity index is 2.29. The van der Waals surface area contributed by atoms with Crippen molar-refractivity contribution in [2.45, 2.75) is 6.10 Å². The number of aliphatic hydroxyl groups excluding tert-OH is 1. The zero-order chi connectivity index (χ0) is 13.1. The molecule has 1 aromatic rings. The monoisotopic (exact) mass is 286 g/mol. The Morgan fingerprint density at radius 1 is 1.61 bits per heavy atom. The minimum Gasteiger partial charge on any atom is -0.394 e. The lowest BCUT2D eigenvalue weighted by Gasteiger charge is -2.34. The maximum Gasteiger partial charge on any atom is 0.106 e. The molecule has 18 heavy (non-hydrogen) atoms. The van der Waals surface area contributed by atoms with E-state index >= 15 is 0 Å². The van der Waals surface area contributed by atoms with Gasteiger partial charge in [0.2, 0.25) is 0 Å². The molecule has 1 atom stereocenters. The summed E-state index contributed by atoms with van der Waals surface area (Å²) in [6.07, 6.45) is -0.173. The van der Waals surface area contributed by atoms with Crippen molar-refractivity contribution in [3.8, 4) is 0 Å². The van der Waals surface area contributed by atoms with Gasteiger partial charge in [0.1, 0.15) is 4.99 Å². The first-order valence-electron chi connectivity index (χ1n) is 5.68. The van der Waals surface area contributed by atoms with Gasteiger partial charge in [-0.3, -0.25) is 0 Å².